The molecule has 6 heteroatoms. The topological polar surface area (TPSA) is 54.5 Å². The number of thioether (sulfide) groups is 1. The fourth-order valence-corrected chi connectivity index (χ4v) is 10.3. The third kappa shape index (κ3) is 6.39. The van der Waals surface area contributed by atoms with Crippen LogP contribution in [0.1, 0.15) is 61.5 Å². The van der Waals surface area contributed by atoms with E-state index >= 15 is 0 Å². The standard InChI is InChI=1S/C46H42N2O2S2/c1-2-3-17-28-47-45-37(33-24-13-6-14-25-33)35(31-20-9-4-10-21-31)43(51-45)39-41(49)40(42(39)50)44-36(32-22-11-5-12-23-32)38(34-26-15-7-16-27-34)46(52-44)48-29-18-8-19-30-48/h4-7,9-16,20-27,49H,2-3,8,17-19,28-30H2,1H3/p+1/b43-39+,47-45?. The van der Waals surface area contributed by atoms with E-state index < -0.39 is 0 Å². The van der Waals surface area contributed by atoms with Crippen molar-refractivity contribution in [3.63, 3.8) is 0 Å². The number of rotatable bonds is 10. The summed E-state index contributed by atoms with van der Waals surface area (Å²) in [6.07, 6.45) is 6.88. The van der Waals surface area contributed by atoms with Crippen LogP contribution in [0.5, 0.6) is 0 Å². The number of ketones is 1. The number of aliphatic hydroxyl groups excluding tert-OH is 1. The molecule has 260 valence electrons. The van der Waals surface area contributed by atoms with E-state index in [4.69, 9.17) is 0 Å². The number of thiophene rings is 1. The number of carbonyl (C=O) groups is 1. The Balaban J connectivity index is 1.35. The Kier molecular flexibility index (Phi) is 10.1. The lowest BCUT2D eigenvalue weighted by molar-refractivity contribution is -0.453. The van der Waals surface area contributed by atoms with Crippen LogP contribution in [0.15, 0.2) is 138 Å². The molecule has 8 rings (SSSR count). The molecule has 0 amide bonds. The molecule has 4 aromatic carbocycles. The molecule has 1 aliphatic carbocycles. The van der Waals surface area contributed by atoms with Gasteiger partial charge < -0.3 is 10.0 Å². The summed E-state index contributed by atoms with van der Waals surface area (Å²) < 4.78 is 0. The highest BCUT2D eigenvalue weighted by Crippen LogP contribution is 2.57. The number of hydrogen-bond donors (Lipinski definition) is 2. The number of benzene rings is 4. The first-order valence-electron chi connectivity index (χ1n) is 18.6. The van der Waals surface area contributed by atoms with Crippen LogP contribution in [-0.4, -0.2) is 35.6 Å². The van der Waals surface area contributed by atoms with Gasteiger partial charge in [-0.3, -0.25) is 4.79 Å². The van der Waals surface area contributed by atoms with E-state index in [2.05, 4.69) is 102 Å². The van der Waals surface area contributed by atoms with Gasteiger partial charge in [0, 0.05) is 41.1 Å². The van der Waals surface area contributed by atoms with Gasteiger partial charge in [-0.05, 0) is 59.7 Å². The van der Waals surface area contributed by atoms with Gasteiger partial charge in [-0.1, -0.05) is 135 Å². The number of allylic oxidation sites excluding steroid dienone is 3. The molecule has 1 fully saturated rings. The minimum atomic E-state index is -0.101. The van der Waals surface area contributed by atoms with Crippen LogP contribution in [0.2, 0.25) is 0 Å². The Bertz CT molecular complexity index is 2210. The Morgan fingerprint density at radius 2 is 1.17 bits per heavy atom. The second-order valence-corrected chi connectivity index (χ2v) is 15.6. The first-order valence-corrected chi connectivity index (χ1v) is 20.2. The number of nitrogens with zero attached hydrogens (tertiary/aromatic N) is 1. The normalized spacial score (nSPS) is 18.4. The number of unbranched alkanes of at least 4 members (excludes halogenated alkanes) is 2. The van der Waals surface area contributed by atoms with Crippen molar-refractivity contribution in [1.29, 1.82) is 0 Å². The number of nitrogens with one attached hydrogen (secondary N) is 1. The van der Waals surface area contributed by atoms with Crippen molar-refractivity contribution in [2.24, 2.45) is 0 Å². The Morgan fingerprint density at radius 3 is 1.73 bits per heavy atom. The molecular formula is C46H43N2O2S2+. The highest BCUT2D eigenvalue weighted by atomic mass is 32.2. The zero-order chi connectivity index (χ0) is 35.4. The van der Waals surface area contributed by atoms with Crippen molar-refractivity contribution >= 4 is 55.6 Å². The number of carbonyl (C=O) groups excluding carboxylic acids is 1. The SMILES string of the molecule is CCCCC[NH+]=C1S/C(=C2/C(=O)C(c3sc(N4CCCCC4)c(-c4ccccc4)c3-c3ccccc3)=C2O)C(c2ccccc2)=C1c1ccccc1. The predicted molar refractivity (Wildman–Crippen MR) is 220 cm³/mol. The quantitative estimate of drug-likeness (QED) is 0.111. The van der Waals surface area contributed by atoms with E-state index in [9.17, 15) is 9.90 Å². The number of aliphatic hydroxyl groups is 1. The molecule has 3 aliphatic rings. The van der Waals surface area contributed by atoms with Gasteiger partial charge in [-0.25, -0.2) is 4.99 Å². The molecule has 52 heavy (non-hydrogen) atoms. The van der Waals surface area contributed by atoms with Crippen LogP contribution in [0, 0.1) is 0 Å². The van der Waals surface area contributed by atoms with Gasteiger partial charge in [0.25, 0.3) is 0 Å². The summed E-state index contributed by atoms with van der Waals surface area (Å²) in [4.78, 5) is 22.7. The van der Waals surface area contributed by atoms with Crippen molar-refractivity contribution < 1.29 is 14.9 Å². The molecular weight excluding hydrogens is 677 g/mol. The molecule has 4 nitrogen and oxygen atoms in total. The molecule has 0 atom stereocenters. The Hall–Kier alpha value is -4.91. The maximum absolute atomic E-state index is 14.9. The predicted octanol–water partition coefficient (Wildman–Crippen LogP) is 10.2. The number of hydrogen-bond acceptors (Lipinski definition) is 5. The summed E-state index contributed by atoms with van der Waals surface area (Å²) in [6, 6.07) is 41.7. The molecule has 0 saturated carbocycles. The molecule has 0 unspecified atom stereocenters. The van der Waals surface area contributed by atoms with Crippen LogP contribution in [-0.2, 0) is 4.79 Å². The smallest absolute Gasteiger partial charge is 0.246 e. The zero-order valence-electron chi connectivity index (χ0n) is 29.5. The third-order valence-electron chi connectivity index (χ3n) is 10.1. The Morgan fingerprint density at radius 1 is 0.635 bits per heavy atom. The lowest BCUT2D eigenvalue weighted by Crippen LogP contribution is -2.72. The van der Waals surface area contributed by atoms with Gasteiger partial charge in [0.1, 0.15) is 17.3 Å². The van der Waals surface area contributed by atoms with Crippen LogP contribution in [0.4, 0.5) is 5.00 Å². The van der Waals surface area contributed by atoms with E-state index in [1.807, 2.05) is 36.4 Å². The molecule has 5 aromatic rings. The van der Waals surface area contributed by atoms with Gasteiger partial charge >= 0.3 is 0 Å². The third-order valence-corrected chi connectivity index (χ3v) is 12.6. The highest BCUT2D eigenvalue weighted by molar-refractivity contribution is 8.19. The maximum atomic E-state index is 14.9. The fourth-order valence-electron chi connectivity index (χ4n) is 7.56. The summed E-state index contributed by atoms with van der Waals surface area (Å²) >= 11 is 3.24. The van der Waals surface area contributed by atoms with Crippen LogP contribution < -0.4 is 9.89 Å². The molecule has 1 aromatic heterocycles. The summed E-state index contributed by atoms with van der Waals surface area (Å²) in [7, 11) is 0. The molecule has 2 aliphatic heterocycles. The first kappa shape index (κ1) is 34.2. The Labute approximate surface area is 315 Å². The first-order chi connectivity index (χ1) is 25.7. The van der Waals surface area contributed by atoms with Gasteiger partial charge in [0.15, 0.2) is 0 Å². The van der Waals surface area contributed by atoms with E-state index in [1.165, 1.54) is 11.4 Å². The number of anilines is 1. The van der Waals surface area contributed by atoms with Crippen molar-refractivity contribution in [1.82, 2.24) is 0 Å². The second kappa shape index (κ2) is 15.4. The average Bonchev–Trinajstić information content (AvgIpc) is 3.77. The summed E-state index contributed by atoms with van der Waals surface area (Å²) in [5.41, 5.74) is 9.32. The van der Waals surface area contributed by atoms with Crippen molar-refractivity contribution in [2.75, 3.05) is 24.5 Å². The fraction of sp³-hybridized carbons (Fsp3) is 0.217. The molecule has 2 N–H and O–H groups in total. The van der Waals surface area contributed by atoms with Gasteiger partial charge in [-0.15, -0.1) is 11.3 Å². The summed E-state index contributed by atoms with van der Waals surface area (Å²) in [5, 5.41) is 14.5. The van der Waals surface area contributed by atoms with Crippen molar-refractivity contribution in [2.45, 2.75) is 45.4 Å². The molecule has 3 heterocycles. The maximum Gasteiger partial charge on any atom is 0.246 e. The van der Waals surface area contributed by atoms with E-state index in [-0.39, 0.29) is 11.5 Å². The van der Waals surface area contributed by atoms with Crippen LogP contribution in [0.3, 0.4) is 0 Å². The summed E-state index contributed by atoms with van der Waals surface area (Å²) in [5.74, 6) is -0.0138. The lowest BCUT2D eigenvalue weighted by atomic mass is 9.81. The van der Waals surface area contributed by atoms with E-state index in [0.717, 1.165) is 111 Å². The van der Waals surface area contributed by atoms with E-state index in [1.54, 1.807) is 23.1 Å². The number of piperidine rings is 1. The minimum absolute atomic E-state index is 0.0869. The van der Waals surface area contributed by atoms with Crippen LogP contribution >= 0.6 is 23.1 Å². The van der Waals surface area contributed by atoms with Gasteiger partial charge in [-0.2, -0.15) is 0 Å². The molecule has 0 spiro atoms. The second-order valence-electron chi connectivity index (χ2n) is 13.6. The average molecular weight is 720 g/mol. The van der Waals surface area contributed by atoms with Crippen molar-refractivity contribution in [3.05, 3.63) is 154 Å². The molecule has 0 radical (unpaired) electrons. The van der Waals surface area contributed by atoms with Gasteiger partial charge in [0.05, 0.1) is 21.6 Å². The minimum Gasteiger partial charge on any atom is -0.506 e. The highest BCUT2D eigenvalue weighted by Gasteiger charge is 2.45. The zero-order valence-corrected chi connectivity index (χ0v) is 31.2. The molecule has 1 saturated heterocycles. The largest absolute Gasteiger partial charge is 0.506 e. The van der Waals surface area contributed by atoms with Crippen LogP contribution in [0.25, 0.3) is 39.0 Å². The monoisotopic (exact) mass is 719 g/mol. The van der Waals surface area contributed by atoms with Gasteiger partial charge in [0.2, 0.25) is 10.8 Å². The van der Waals surface area contributed by atoms with Crippen molar-refractivity contribution in [3.8, 4) is 22.3 Å². The lowest BCUT2D eigenvalue weighted by Gasteiger charge is -2.29. The molecule has 0 bridgehead atoms. The summed E-state index contributed by atoms with van der Waals surface area (Å²) in [6.45, 7) is 5.02. The van der Waals surface area contributed by atoms with E-state index in [0.29, 0.717) is 11.1 Å². The number of Topliss-reactive ketones (excluding diaryl/α,β-unsaturated/α-hetero) is 1.